The van der Waals surface area contributed by atoms with Crippen LogP contribution in [0.25, 0.3) is 0 Å². The van der Waals surface area contributed by atoms with Crippen molar-refractivity contribution in [2.45, 2.75) is 180 Å². The molecule has 1 atom stereocenters. The largest absolute Gasteiger partial charge is 0.244 e. The Morgan fingerprint density at radius 3 is 0.833 bits per heavy atom. The molecule has 1 heteroatoms. The first-order valence-corrected chi connectivity index (χ1v) is 14.2. The van der Waals surface area contributed by atoms with Gasteiger partial charge in [0.15, 0.2) is 0 Å². The van der Waals surface area contributed by atoms with Crippen molar-refractivity contribution in [3.8, 4) is 0 Å². The summed E-state index contributed by atoms with van der Waals surface area (Å²) in [4.78, 5) is 0. The molecule has 0 N–H and O–H groups in total. The summed E-state index contributed by atoms with van der Waals surface area (Å²) in [6, 6.07) is 0. The van der Waals surface area contributed by atoms with Gasteiger partial charge in [-0.05, 0) is 19.8 Å². The molecule has 1 radical (unpaired) electrons. The second kappa shape index (κ2) is 23.6. The molecule has 0 saturated carbocycles. The van der Waals surface area contributed by atoms with E-state index in [1.165, 1.54) is 135 Å². The van der Waals surface area contributed by atoms with Crippen molar-refractivity contribution >= 4 is 0 Å². The van der Waals surface area contributed by atoms with Crippen LogP contribution < -0.4 is 0 Å². The average molecular weight is 426 g/mol. The van der Waals surface area contributed by atoms with Crippen LogP contribution >= 0.6 is 0 Å². The minimum atomic E-state index is -1.17. The van der Waals surface area contributed by atoms with Gasteiger partial charge in [-0.15, -0.1) is 0 Å². The molecule has 0 aromatic rings. The fourth-order valence-electron chi connectivity index (χ4n) is 4.51. The Bertz CT molecular complexity index is 309. The standard InChI is InChI=1S/C29H58F/c1-4-6-8-10-12-14-15-16-17-18-19-20-22-24-26-28-29(3,30)27-25-23-21-13-11-9-7-5-2/h3-28H2,1-2H3. The van der Waals surface area contributed by atoms with Crippen LogP contribution in [0.15, 0.2) is 0 Å². The summed E-state index contributed by atoms with van der Waals surface area (Å²) in [6.07, 6.45) is 32.0. The molecular formula is C29H58F. The lowest BCUT2D eigenvalue weighted by molar-refractivity contribution is 0.183. The maximum absolute atomic E-state index is 14.5. The molecule has 1 unspecified atom stereocenters. The fraction of sp³-hybridized carbons (Fsp3) is 0.966. The van der Waals surface area contributed by atoms with E-state index in [4.69, 9.17) is 0 Å². The topological polar surface area (TPSA) is 0 Å². The van der Waals surface area contributed by atoms with Gasteiger partial charge in [0.1, 0.15) is 5.67 Å². The minimum Gasteiger partial charge on any atom is -0.244 e. The van der Waals surface area contributed by atoms with E-state index in [1.54, 1.807) is 0 Å². The van der Waals surface area contributed by atoms with Gasteiger partial charge in [-0.1, -0.05) is 162 Å². The molecule has 0 spiro atoms. The van der Waals surface area contributed by atoms with E-state index >= 15 is 0 Å². The van der Waals surface area contributed by atoms with Crippen LogP contribution in [-0.2, 0) is 0 Å². The molecule has 181 valence electrons. The van der Waals surface area contributed by atoms with Crippen LogP contribution in [0, 0.1) is 6.92 Å². The quantitative estimate of drug-likeness (QED) is 0.128. The molecule has 0 bridgehead atoms. The van der Waals surface area contributed by atoms with E-state index in [2.05, 4.69) is 20.8 Å². The predicted molar refractivity (Wildman–Crippen MR) is 136 cm³/mol. The molecule has 0 aliphatic heterocycles. The number of unbranched alkanes of at least 4 members (excludes halogenated alkanes) is 21. The number of hydrogen-bond donors (Lipinski definition) is 0. The first-order valence-electron chi connectivity index (χ1n) is 14.2. The molecular weight excluding hydrogens is 367 g/mol. The van der Waals surface area contributed by atoms with Crippen molar-refractivity contribution in [3.05, 3.63) is 6.92 Å². The van der Waals surface area contributed by atoms with Crippen LogP contribution in [0.4, 0.5) is 4.39 Å². The lowest BCUT2D eigenvalue weighted by Gasteiger charge is -2.20. The summed E-state index contributed by atoms with van der Waals surface area (Å²) in [7, 11) is 0. The average Bonchev–Trinajstić information content (AvgIpc) is 2.72. The highest BCUT2D eigenvalue weighted by molar-refractivity contribution is 4.81. The zero-order valence-electron chi connectivity index (χ0n) is 21.3. The molecule has 30 heavy (non-hydrogen) atoms. The Kier molecular flexibility index (Phi) is 23.5. The van der Waals surface area contributed by atoms with Crippen LogP contribution in [0.3, 0.4) is 0 Å². The van der Waals surface area contributed by atoms with E-state index in [0.717, 1.165) is 12.8 Å². The maximum atomic E-state index is 14.5. The van der Waals surface area contributed by atoms with Gasteiger partial charge >= 0.3 is 0 Å². The molecule has 0 aliphatic rings. The number of halogens is 1. The first kappa shape index (κ1) is 29.9. The van der Waals surface area contributed by atoms with Crippen molar-refractivity contribution in [1.29, 1.82) is 0 Å². The number of alkyl halides is 1. The third-order valence-corrected chi connectivity index (χ3v) is 6.71. The van der Waals surface area contributed by atoms with Crippen LogP contribution in [-0.4, -0.2) is 5.67 Å². The summed E-state index contributed by atoms with van der Waals surface area (Å²) < 4.78 is 14.5. The SMILES string of the molecule is [CH2]C(F)(CCCCCCCCCC)CCCCCCCCCCCCCCCCC. The van der Waals surface area contributed by atoms with Gasteiger partial charge in [-0.25, -0.2) is 4.39 Å². The highest BCUT2D eigenvalue weighted by atomic mass is 19.1. The molecule has 0 heterocycles. The van der Waals surface area contributed by atoms with Crippen molar-refractivity contribution in [2.75, 3.05) is 0 Å². The van der Waals surface area contributed by atoms with Crippen molar-refractivity contribution in [3.63, 3.8) is 0 Å². The molecule has 0 aliphatic carbocycles. The zero-order valence-corrected chi connectivity index (χ0v) is 21.3. The van der Waals surface area contributed by atoms with E-state index in [0.29, 0.717) is 12.8 Å². The summed E-state index contributed by atoms with van der Waals surface area (Å²) in [5, 5.41) is 0. The van der Waals surface area contributed by atoms with E-state index in [-0.39, 0.29) is 0 Å². The molecule has 0 saturated heterocycles. The third kappa shape index (κ3) is 24.2. The maximum Gasteiger partial charge on any atom is 0.111 e. The number of hydrogen-bond acceptors (Lipinski definition) is 0. The normalized spacial score (nSPS) is 13.6. The molecule has 0 fully saturated rings. The van der Waals surface area contributed by atoms with Crippen LogP contribution in [0.2, 0.25) is 0 Å². The molecule has 0 aromatic heterocycles. The summed E-state index contributed by atoms with van der Waals surface area (Å²) in [5.41, 5.74) is -1.17. The second-order valence-electron chi connectivity index (χ2n) is 10.1. The van der Waals surface area contributed by atoms with Crippen LogP contribution in [0.1, 0.15) is 174 Å². The van der Waals surface area contributed by atoms with Gasteiger partial charge in [0.25, 0.3) is 0 Å². The van der Waals surface area contributed by atoms with Gasteiger partial charge in [0.2, 0.25) is 0 Å². The Labute approximate surface area is 191 Å². The Morgan fingerprint density at radius 2 is 0.600 bits per heavy atom. The minimum absolute atomic E-state index is 0.667. The smallest absolute Gasteiger partial charge is 0.111 e. The zero-order chi connectivity index (χ0) is 22.2. The van der Waals surface area contributed by atoms with Gasteiger partial charge < -0.3 is 0 Å². The highest BCUT2D eigenvalue weighted by Crippen LogP contribution is 2.26. The summed E-state index contributed by atoms with van der Waals surface area (Å²) in [5.74, 6) is 0. The molecule has 0 nitrogen and oxygen atoms in total. The third-order valence-electron chi connectivity index (χ3n) is 6.71. The van der Waals surface area contributed by atoms with Crippen molar-refractivity contribution in [2.24, 2.45) is 0 Å². The Balaban J connectivity index is 3.26. The second-order valence-corrected chi connectivity index (χ2v) is 10.1. The van der Waals surface area contributed by atoms with Gasteiger partial charge in [-0.2, -0.15) is 0 Å². The molecule has 0 rings (SSSR count). The predicted octanol–water partition coefficient (Wildman–Crippen LogP) is 11.3. The van der Waals surface area contributed by atoms with Gasteiger partial charge in [-0.3, -0.25) is 0 Å². The van der Waals surface area contributed by atoms with Gasteiger partial charge in [0.05, 0.1) is 0 Å². The van der Waals surface area contributed by atoms with Crippen LogP contribution in [0.5, 0.6) is 0 Å². The first-order chi connectivity index (χ1) is 14.6. The lowest BCUT2D eigenvalue weighted by Crippen LogP contribution is -2.18. The summed E-state index contributed by atoms with van der Waals surface area (Å²) in [6.45, 7) is 8.41. The Hall–Kier alpha value is -0.0700. The highest BCUT2D eigenvalue weighted by Gasteiger charge is 2.21. The van der Waals surface area contributed by atoms with E-state index in [1.807, 2.05) is 0 Å². The summed E-state index contributed by atoms with van der Waals surface area (Å²) >= 11 is 0. The number of rotatable bonds is 25. The monoisotopic (exact) mass is 425 g/mol. The van der Waals surface area contributed by atoms with Crippen molar-refractivity contribution in [1.82, 2.24) is 0 Å². The van der Waals surface area contributed by atoms with E-state index < -0.39 is 5.67 Å². The molecule has 0 aromatic carbocycles. The van der Waals surface area contributed by atoms with Crippen molar-refractivity contribution < 1.29 is 4.39 Å². The van der Waals surface area contributed by atoms with Gasteiger partial charge in [0, 0.05) is 0 Å². The Morgan fingerprint density at radius 1 is 0.400 bits per heavy atom. The fourth-order valence-corrected chi connectivity index (χ4v) is 4.51. The lowest BCUT2D eigenvalue weighted by atomic mass is 9.93. The van der Waals surface area contributed by atoms with E-state index in [9.17, 15) is 4.39 Å². The molecule has 0 amide bonds.